The molecule has 5 aliphatic rings. The highest BCUT2D eigenvalue weighted by Crippen LogP contribution is 2.67. The van der Waals surface area contributed by atoms with Crippen LogP contribution in [0.25, 0.3) is 0 Å². The number of likely N-dealkylation sites (N-methyl/N-ethyl adjacent to an activating group) is 1. The molecule has 2 bridgehead atoms. The second-order valence-electron chi connectivity index (χ2n) is 26.9. The van der Waals surface area contributed by atoms with Crippen LogP contribution in [-0.4, -0.2) is 170 Å². The minimum Gasteiger partial charge on any atom is -0.455 e. The maximum atomic E-state index is 15.3. The number of nitrogens with one attached hydrogen (secondary N) is 3. The highest BCUT2D eigenvalue weighted by atomic mass is 16.6. The Morgan fingerprint density at radius 3 is 2.09 bits per heavy atom. The molecule has 6 amide bonds. The third-order valence-corrected chi connectivity index (χ3v) is 20.2. The summed E-state index contributed by atoms with van der Waals surface area (Å²) in [5, 5.41) is 21.7. The summed E-state index contributed by atoms with van der Waals surface area (Å²) < 4.78 is 30.9. The van der Waals surface area contributed by atoms with Crippen molar-refractivity contribution in [3.8, 4) is 0 Å². The Morgan fingerprint density at radius 1 is 0.833 bits per heavy atom. The highest BCUT2D eigenvalue weighted by Gasteiger charge is 2.73. The fourth-order valence-corrected chi connectivity index (χ4v) is 14.9. The maximum Gasteiger partial charge on any atom is 0.410 e. The fraction of sp³-hybridized carbons (Fsp3) is 0.623. The number of nitrogens with zero attached hydrogens (tertiary/aromatic N) is 2. The van der Waals surface area contributed by atoms with Gasteiger partial charge in [-0.2, -0.15) is 0 Å². The Morgan fingerprint density at radius 2 is 1.48 bits per heavy atom. The molecule has 2 aromatic carbocycles. The zero-order valence-electron chi connectivity index (χ0n) is 54.6. The van der Waals surface area contributed by atoms with E-state index in [1.54, 1.807) is 45.2 Å². The lowest BCUT2D eigenvalue weighted by Gasteiger charge is -2.69. The minimum absolute atomic E-state index is 0.0289. The van der Waals surface area contributed by atoms with Crippen LogP contribution in [0.2, 0.25) is 0 Å². The van der Waals surface area contributed by atoms with Gasteiger partial charge in [-0.1, -0.05) is 116 Å². The molecule has 0 aromatic heterocycles. The van der Waals surface area contributed by atoms with E-state index < -0.39 is 99.9 Å². The molecule has 2 aromatic rings. The summed E-state index contributed by atoms with van der Waals surface area (Å²) in [6.07, 6.45) is -0.880. The molecule has 21 heteroatoms. The number of ketones is 3. The molecule has 7 rings (SSSR count). The number of aliphatic hydroxyl groups is 1. The van der Waals surface area contributed by atoms with E-state index in [-0.39, 0.29) is 118 Å². The van der Waals surface area contributed by atoms with Gasteiger partial charge in [0.15, 0.2) is 17.3 Å². The molecular weight excluding hydrogens is 1150 g/mol. The van der Waals surface area contributed by atoms with Crippen LogP contribution < -0.4 is 16.0 Å². The second kappa shape index (κ2) is 30.0. The Kier molecular flexibility index (Phi) is 23.5. The first-order chi connectivity index (χ1) is 42.5. The molecule has 90 heavy (non-hydrogen) atoms. The van der Waals surface area contributed by atoms with E-state index in [1.165, 1.54) is 31.2 Å². The van der Waals surface area contributed by atoms with Gasteiger partial charge >= 0.3 is 12.1 Å². The van der Waals surface area contributed by atoms with Gasteiger partial charge in [-0.05, 0) is 79.6 Å². The van der Waals surface area contributed by atoms with Crippen molar-refractivity contribution >= 4 is 58.9 Å². The molecule has 0 spiro atoms. The first-order valence-corrected chi connectivity index (χ1v) is 31.8. The molecule has 4 N–H and O–H groups in total. The number of Topliss-reactive ketones (excluding diaryl/α,β-unsaturated/α-hetero) is 3. The number of esters is 1. The van der Waals surface area contributed by atoms with Crippen LogP contribution in [0.1, 0.15) is 144 Å². The molecule has 3 fully saturated rings. The van der Waals surface area contributed by atoms with E-state index in [4.69, 9.17) is 23.7 Å². The van der Waals surface area contributed by atoms with E-state index >= 15 is 4.79 Å². The number of fused-ring (bicyclic) bond motifs is 5. The standard InChI is InChI=1S/C69H95N5O16/c1-41(2)34-49(72-63(82)47(35-45-22-16-13-17-23-45)36-48(75)39-71-54(77)26-20-15-21-32-74-56(79)29-30-57(74)80)50(76)27-28-55(78)70-31-33-73(10)65(84)90-59(42(3)46-24-18-14-19-25-46)64(83)89-51-38-69(85)44(5)61-67(8)40-88-52(67)37-53(86-11)68(61,9)62(81)60(87-12)58(43(51)4)66(69,6)7/h13-14,16-19,22-25,29-30,41-42,44,47,49,51-53,59-61,85H,15,20-21,26-28,31-40H2,1-12H3,(H,70,78)(H,71,77)(H,72,82)/t42-,44-,47+,49-,51-,52+,53-,59+,60+,61+,67+,68+,69+/m0/s1. The average Bonchev–Trinajstić information content (AvgIpc) is 0.725. The van der Waals surface area contributed by atoms with Crippen LogP contribution in [0.3, 0.4) is 0 Å². The molecule has 2 aliphatic heterocycles. The van der Waals surface area contributed by atoms with Crippen molar-refractivity contribution in [3.05, 3.63) is 95.1 Å². The zero-order valence-corrected chi connectivity index (χ0v) is 54.6. The molecule has 3 aliphatic carbocycles. The molecule has 0 unspecified atom stereocenters. The summed E-state index contributed by atoms with van der Waals surface area (Å²) in [4.78, 5) is 137. The number of carbonyl (C=O) groups excluding carboxylic acids is 10. The summed E-state index contributed by atoms with van der Waals surface area (Å²) in [7, 11) is 4.52. The van der Waals surface area contributed by atoms with Crippen molar-refractivity contribution in [3.63, 3.8) is 0 Å². The van der Waals surface area contributed by atoms with Gasteiger partial charge in [-0.3, -0.25) is 43.3 Å². The van der Waals surface area contributed by atoms with Crippen molar-refractivity contribution in [1.82, 2.24) is 25.8 Å². The number of rotatable bonds is 30. The van der Waals surface area contributed by atoms with Crippen molar-refractivity contribution in [2.24, 2.45) is 39.9 Å². The zero-order chi connectivity index (χ0) is 66.0. The summed E-state index contributed by atoms with van der Waals surface area (Å²) in [6.45, 7) is 17.4. The summed E-state index contributed by atoms with van der Waals surface area (Å²) in [5.41, 5.74) is -1.66. The number of benzene rings is 2. The van der Waals surface area contributed by atoms with Crippen LogP contribution >= 0.6 is 0 Å². The number of hydrogen-bond donors (Lipinski definition) is 4. The summed E-state index contributed by atoms with van der Waals surface area (Å²) in [5.74, 6) is -6.54. The normalized spacial score (nSPS) is 27.2. The van der Waals surface area contributed by atoms with E-state index in [0.717, 1.165) is 10.5 Å². The third-order valence-electron chi connectivity index (χ3n) is 20.2. The largest absolute Gasteiger partial charge is 0.455 e. The van der Waals surface area contributed by atoms with Crippen molar-refractivity contribution in [2.75, 3.05) is 54.1 Å². The lowest BCUT2D eigenvalue weighted by molar-refractivity contribution is -0.305. The van der Waals surface area contributed by atoms with Gasteiger partial charge in [-0.15, -0.1) is 0 Å². The number of imide groups is 1. The number of amides is 6. The lowest BCUT2D eigenvalue weighted by atomic mass is 9.40. The smallest absolute Gasteiger partial charge is 0.410 e. The first kappa shape index (κ1) is 70.5. The molecule has 13 atom stereocenters. The Bertz CT molecular complexity index is 3020. The molecule has 1 saturated heterocycles. The number of unbranched alkanes of at least 4 members (excludes halogenated alkanes) is 2. The van der Waals surface area contributed by atoms with E-state index in [0.29, 0.717) is 49.0 Å². The van der Waals surface area contributed by atoms with Gasteiger partial charge in [0.2, 0.25) is 23.8 Å². The van der Waals surface area contributed by atoms with Gasteiger partial charge in [0.05, 0.1) is 42.4 Å². The Hall–Kier alpha value is -6.94. The van der Waals surface area contributed by atoms with Crippen LogP contribution in [0.5, 0.6) is 0 Å². The molecule has 2 heterocycles. The van der Waals surface area contributed by atoms with Crippen molar-refractivity contribution in [2.45, 2.75) is 181 Å². The predicted molar refractivity (Wildman–Crippen MR) is 333 cm³/mol. The van der Waals surface area contributed by atoms with Crippen LogP contribution in [0.15, 0.2) is 84.0 Å². The molecule has 492 valence electrons. The van der Waals surface area contributed by atoms with E-state index in [2.05, 4.69) is 22.9 Å². The number of methoxy groups -OCH3 is 2. The van der Waals surface area contributed by atoms with Gasteiger partial charge in [-0.25, -0.2) is 9.59 Å². The third kappa shape index (κ3) is 15.3. The fourth-order valence-electron chi connectivity index (χ4n) is 14.9. The second-order valence-corrected chi connectivity index (χ2v) is 26.9. The Labute approximate surface area is 529 Å². The SMILES string of the molecule is CO[C@H]1C(=O)[C@]2(C)[C@@H](OC)C[C@H]3OC[C@@]3(C)[C@H]2[C@H](C)[C@]2(O)C[C@H](OC(=O)[C@H](OC(=O)N(C)CCNC(=O)CCC(=O)[C@H](CC(C)C)NC(=O)[C@@H](CC(=O)CNC(=O)CCCCCN3C(=O)C=CC3=O)Cc3ccccc3)[C@@H](C)c3ccccc3)C(C)=C1C2(C)C. The van der Waals surface area contributed by atoms with Gasteiger partial charge in [0.25, 0.3) is 11.8 Å². The Balaban J connectivity index is 0.949. The van der Waals surface area contributed by atoms with Crippen LogP contribution in [0.4, 0.5) is 4.79 Å². The maximum absolute atomic E-state index is 15.3. The quantitative estimate of drug-likeness (QED) is 0.0274. The van der Waals surface area contributed by atoms with E-state index in [9.17, 15) is 48.3 Å². The van der Waals surface area contributed by atoms with Gasteiger partial charge in [0, 0.05) is 114 Å². The molecular formula is C69H95N5O16. The first-order valence-electron chi connectivity index (χ1n) is 31.8. The minimum atomic E-state index is -1.57. The molecule has 0 radical (unpaired) electrons. The van der Waals surface area contributed by atoms with Gasteiger partial charge in [0.1, 0.15) is 12.2 Å². The molecule has 21 nitrogen and oxygen atoms in total. The lowest BCUT2D eigenvalue weighted by Crippen LogP contribution is -2.75. The summed E-state index contributed by atoms with van der Waals surface area (Å²) >= 11 is 0. The predicted octanol–water partition coefficient (Wildman–Crippen LogP) is 6.71. The number of hydrogen-bond acceptors (Lipinski definition) is 16. The summed E-state index contributed by atoms with van der Waals surface area (Å²) in [6, 6.07) is 17.2. The molecule has 2 saturated carbocycles. The van der Waals surface area contributed by atoms with Gasteiger partial charge < -0.3 is 49.6 Å². The monoisotopic (exact) mass is 1250 g/mol. The number of ether oxygens (including phenoxy) is 5. The van der Waals surface area contributed by atoms with Crippen LogP contribution in [-0.2, 0) is 73.3 Å². The van der Waals surface area contributed by atoms with Crippen molar-refractivity contribution < 1.29 is 76.7 Å². The topological polar surface area (TPSA) is 280 Å². The number of carbonyl (C=O) groups is 10. The van der Waals surface area contributed by atoms with Crippen molar-refractivity contribution in [1.29, 1.82) is 0 Å². The van der Waals surface area contributed by atoms with E-state index in [1.807, 2.05) is 77.9 Å². The highest BCUT2D eigenvalue weighted by molar-refractivity contribution is 6.12. The van der Waals surface area contributed by atoms with Crippen LogP contribution in [0, 0.1) is 39.9 Å². The average molecular weight is 1250 g/mol.